The molecule has 2 heterocycles. The summed E-state index contributed by atoms with van der Waals surface area (Å²) in [7, 11) is 0. The zero-order valence-electron chi connectivity index (χ0n) is 9.27. The van der Waals surface area contributed by atoms with E-state index < -0.39 is 0 Å². The van der Waals surface area contributed by atoms with E-state index >= 15 is 0 Å². The summed E-state index contributed by atoms with van der Waals surface area (Å²) in [5.74, 6) is 0. The average Bonchev–Trinajstić information content (AvgIpc) is 2.81. The van der Waals surface area contributed by atoms with Crippen molar-refractivity contribution in [2.75, 3.05) is 0 Å². The Balaban J connectivity index is 0.00000108. The molecule has 0 atom stereocenters. The van der Waals surface area contributed by atoms with Gasteiger partial charge in [0, 0.05) is 10.5 Å². The molecule has 2 nitrogen and oxygen atoms in total. The first kappa shape index (κ1) is 12.6. The molecule has 4 heteroatoms. The van der Waals surface area contributed by atoms with Crippen molar-refractivity contribution >= 4 is 22.3 Å². The summed E-state index contributed by atoms with van der Waals surface area (Å²) in [5, 5.41) is 2.86. The van der Waals surface area contributed by atoms with Gasteiger partial charge in [-0.3, -0.25) is 0 Å². The van der Waals surface area contributed by atoms with Crippen LogP contribution in [0.25, 0.3) is 21.4 Å². The Morgan fingerprint density at radius 1 is 1.29 bits per heavy atom. The molecular formula is C13H7NaO2S. The van der Waals surface area contributed by atoms with Crippen molar-refractivity contribution in [3.05, 3.63) is 58.3 Å². The van der Waals surface area contributed by atoms with Crippen molar-refractivity contribution in [1.29, 1.82) is 0 Å². The number of benzene rings is 1. The Kier molecular flexibility index (Phi) is 3.84. The van der Waals surface area contributed by atoms with Gasteiger partial charge in [-0.1, -0.05) is 17.5 Å². The predicted octanol–water partition coefficient (Wildman–Crippen LogP) is 0.326. The first-order chi connectivity index (χ1) is 7.84. The van der Waals surface area contributed by atoms with Gasteiger partial charge < -0.3 is 4.42 Å². The van der Waals surface area contributed by atoms with Gasteiger partial charge in [0.25, 0.3) is 0 Å². The molecule has 0 aliphatic carbocycles. The van der Waals surface area contributed by atoms with Gasteiger partial charge in [0.2, 0.25) is 0 Å². The smallest absolute Gasteiger partial charge is 0.486 e. The number of fused-ring (bicyclic) bond motifs is 1. The van der Waals surface area contributed by atoms with Crippen molar-refractivity contribution < 1.29 is 34.0 Å². The summed E-state index contributed by atoms with van der Waals surface area (Å²) in [6.45, 7) is 0. The second-order valence-corrected chi connectivity index (χ2v) is 4.34. The second kappa shape index (κ2) is 5.19. The van der Waals surface area contributed by atoms with Gasteiger partial charge in [-0.25, -0.2) is 4.79 Å². The molecule has 17 heavy (non-hydrogen) atoms. The van der Waals surface area contributed by atoms with Crippen LogP contribution in [-0.2, 0) is 0 Å². The molecule has 0 fully saturated rings. The fraction of sp³-hybridized carbons (Fsp3) is 0. The number of thiophene rings is 1. The first-order valence-electron chi connectivity index (χ1n) is 4.82. The van der Waals surface area contributed by atoms with Crippen LogP contribution in [0.1, 0.15) is 0 Å². The summed E-state index contributed by atoms with van der Waals surface area (Å²) >= 11 is 1.53. The third-order valence-electron chi connectivity index (χ3n) is 2.37. The third-order valence-corrected chi connectivity index (χ3v) is 3.27. The van der Waals surface area contributed by atoms with Crippen molar-refractivity contribution in [1.82, 2.24) is 0 Å². The van der Waals surface area contributed by atoms with Gasteiger partial charge >= 0.3 is 35.2 Å². The van der Waals surface area contributed by atoms with Crippen molar-refractivity contribution in [3.8, 4) is 10.4 Å². The fourth-order valence-electron chi connectivity index (χ4n) is 1.61. The van der Waals surface area contributed by atoms with Crippen molar-refractivity contribution in [3.63, 3.8) is 0 Å². The maximum atomic E-state index is 11.8. The van der Waals surface area contributed by atoms with Crippen LogP contribution in [0.4, 0.5) is 0 Å². The van der Waals surface area contributed by atoms with Crippen molar-refractivity contribution in [2.24, 2.45) is 0 Å². The van der Waals surface area contributed by atoms with E-state index in [4.69, 9.17) is 4.42 Å². The first-order valence-corrected chi connectivity index (χ1v) is 5.70. The zero-order chi connectivity index (χ0) is 11.0. The Bertz CT molecular complexity index is 686. The summed E-state index contributed by atoms with van der Waals surface area (Å²) in [6.07, 6.45) is 0. The van der Waals surface area contributed by atoms with Gasteiger partial charge in [-0.05, 0) is 11.4 Å². The normalized spacial score (nSPS) is 10.1. The van der Waals surface area contributed by atoms with Crippen LogP contribution in [0.15, 0.2) is 51.0 Å². The maximum absolute atomic E-state index is 11.8. The third kappa shape index (κ3) is 2.38. The molecule has 3 rings (SSSR count). The van der Waals surface area contributed by atoms with Crippen LogP contribution in [-0.4, -0.2) is 0 Å². The molecule has 0 radical (unpaired) electrons. The minimum atomic E-state index is -0.297. The molecule has 0 unspecified atom stereocenters. The molecule has 0 aliphatic rings. The van der Waals surface area contributed by atoms with E-state index in [9.17, 15) is 4.79 Å². The van der Waals surface area contributed by atoms with E-state index in [1.165, 1.54) is 11.3 Å². The van der Waals surface area contributed by atoms with Gasteiger partial charge in [0.15, 0.2) is 0 Å². The number of hydrogen-bond donors (Lipinski definition) is 0. The Hall–Kier alpha value is -0.870. The van der Waals surface area contributed by atoms with E-state index in [1.54, 1.807) is 12.1 Å². The summed E-state index contributed by atoms with van der Waals surface area (Å²) in [5.41, 5.74) is 0.899. The van der Waals surface area contributed by atoms with Gasteiger partial charge in [0.1, 0.15) is 0 Å². The molecular weight excluding hydrogens is 243 g/mol. The van der Waals surface area contributed by atoms with E-state index in [0.29, 0.717) is 11.1 Å². The molecule has 0 spiro atoms. The number of hydrogen-bond acceptors (Lipinski definition) is 3. The SMILES string of the molecule is O=c1oc2c[c-]ccc2cc1-c1cccs1.[Na+]. The minimum absolute atomic E-state index is 0. The summed E-state index contributed by atoms with van der Waals surface area (Å²) < 4.78 is 5.24. The molecule has 78 valence electrons. The van der Waals surface area contributed by atoms with Crippen LogP contribution < -0.4 is 35.2 Å². The monoisotopic (exact) mass is 250 g/mol. The van der Waals surface area contributed by atoms with Gasteiger partial charge in [-0.15, -0.1) is 17.4 Å². The average molecular weight is 250 g/mol. The molecule has 0 saturated heterocycles. The zero-order valence-corrected chi connectivity index (χ0v) is 12.1. The van der Waals surface area contributed by atoms with Crippen LogP contribution in [0.2, 0.25) is 0 Å². The molecule has 1 aromatic carbocycles. The van der Waals surface area contributed by atoms with Crippen LogP contribution >= 0.6 is 11.3 Å². The molecule has 0 amide bonds. The van der Waals surface area contributed by atoms with E-state index in [0.717, 1.165) is 10.3 Å². The van der Waals surface area contributed by atoms with E-state index in [2.05, 4.69) is 6.07 Å². The van der Waals surface area contributed by atoms with E-state index in [1.807, 2.05) is 29.6 Å². The topological polar surface area (TPSA) is 30.2 Å². The fourth-order valence-corrected chi connectivity index (χ4v) is 2.34. The molecule has 3 aromatic rings. The van der Waals surface area contributed by atoms with Gasteiger partial charge in [0.05, 0.1) is 5.56 Å². The second-order valence-electron chi connectivity index (χ2n) is 3.39. The molecule has 0 bridgehead atoms. The maximum Gasteiger partial charge on any atom is 1.00 e. The molecule has 0 N–H and O–H groups in total. The predicted molar refractivity (Wildman–Crippen MR) is 64.6 cm³/mol. The van der Waals surface area contributed by atoms with E-state index in [-0.39, 0.29) is 35.2 Å². The quantitative estimate of drug-likeness (QED) is 0.354. The number of rotatable bonds is 1. The minimum Gasteiger partial charge on any atom is -0.486 e. The van der Waals surface area contributed by atoms with Crippen LogP contribution in [0, 0.1) is 6.07 Å². The molecule has 0 saturated carbocycles. The molecule has 2 aromatic heterocycles. The molecule has 0 aliphatic heterocycles. The Morgan fingerprint density at radius 2 is 2.18 bits per heavy atom. The Labute approximate surface area is 124 Å². The largest absolute Gasteiger partial charge is 1.00 e. The summed E-state index contributed by atoms with van der Waals surface area (Å²) in [6, 6.07) is 13.9. The van der Waals surface area contributed by atoms with Gasteiger partial charge in [-0.2, -0.15) is 18.2 Å². The van der Waals surface area contributed by atoms with Crippen LogP contribution in [0.3, 0.4) is 0 Å². The standard InChI is InChI=1S/C13H7O2S.Na/c14-13-10(12-6-3-7-16-12)8-9-4-1-2-5-11(9)15-13;/h1,3-8H;/q-1;+1. The van der Waals surface area contributed by atoms with Crippen molar-refractivity contribution in [2.45, 2.75) is 0 Å². The van der Waals surface area contributed by atoms with Crippen LogP contribution in [0.5, 0.6) is 0 Å². The summed E-state index contributed by atoms with van der Waals surface area (Å²) in [4.78, 5) is 12.7. The Morgan fingerprint density at radius 3 is 2.94 bits per heavy atom.